The van der Waals surface area contributed by atoms with Crippen molar-refractivity contribution in [2.75, 3.05) is 59.1 Å². The van der Waals surface area contributed by atoms with E-state index in [2.05, 4.69) is 29.4 Å². The first-order chi connectivity index (χ1) is 11.8. The lowest BCUT2D eigenvalue weighted by Gasteiger charge is -2.26. The van der Waals surface area contributed by atoms with Crippen molar-refractivity contribution in [3.8, 4) is 0 Å². The highest BCUT2D eigenvalue weighted by Crippen LogP contribution is 2.10. The SMILES string of the molecule is CCCC(CCO)CN=C(NCC)NCCCCN1CCOCC1.I. The fraction of sp³-hybridized carbons (Fsp3) is 0.944. The van der Waals surface area contributed by atoms with Crippen LogP contribution < -0.4 is 10.6 Å². The largest absolute Gasteiger partial charge is 0.396 e. The highest BCUT2D eigenvalue weighted by Gasteiger charge is 2.09. The van der Waals surface area contributed by atoms with E-state index in [4.69, 9.17) is 14.8 Å². The first-order valence-corrected chi connectivity index (χ1v) is 9.73. The number of nitrogens with zero attached hydrogens (tertiary/aromatic N) is 2. The van der Waals surface area contributed by atoms with Gasteiger partial charge in [-0.1, -0.05) is 13.3 Å². The summed E-state index contributed by atoms with van der Waals surface area (Å²) in [6.07, 6.45) is 5.47. The number of unbranched alkanes of at least 4 members (excludes halogenated alkanes) is 1. The van der Waals surface area contributed by atoms with Gasteiger partial charge < -0.3 is 20.5 Å². The van der Waals surface area contributed by atoms with Crippen LogP contribution in [0.15, 0.2) is 4.99 Å². The van der Waals surface area contributed by atoms with Crippen molar-refractivity contribution in [3.05, 3.63) is 0 Å². The van der Waals surface area contributed by atoms with E-state index in [1.807, 2.05) is 0 Å². The third-order valence-electron chi connectivity index (χ3n) is 4.38. The first-order valence-electron chi connectivity index (χ1n) is 9.73. The number of nitrogens with one attached hydrogen (secondary N) is 2. The first kappa shape index (κ1) is 24.9. The second-order valence-corrected chi connectivity index (χ2v) is 6.47. The van der Waals surface area contributed by atoms with Crippen molar-refractivity contribution in [2.45, 2.75) is 46.0 Å². The molecule has 3 N–H and O–H groups in total. The van der Waals surface area contributed by atoms with Crippen LogP contribution in [0.25, 0.3) is 0 Å². The van der Waals surface area contributed by atoms with Crippen LogP contribution in [0.3, 0.4) is 0 Å². The maximum atomic E-state index is 9.15. The molecule has 6 nitrogen and oxygen atoms in total. The molecular weight excluding hydrogens is 431 g/mol. The Hall–Kier alpha value is -0.120. The lowest BCUT2D eigenvalue weighted by Crippen LogP contribution is -2.39. The zero-order valence-corrected chi connectivity index (χ0v) is 18.5. The van der Waals surface area contributed by atoms with E-state index >= 15 is 0 Å². The average molecular weight is 470 g/mol. The van der Waals surface area contributed by atoms with Gasteiger partial charge in [0.1, 0.15) is 0 Å². The van der Waals surface area contributed by atoms with Gasteiger partial charge in [-0.05, 0) is 45.1 Å². The van der Waals surface area contributed by atoms with Gasteiger partial charge in [-0.15, -0.1) is 24.0 Å². The molecular formula is C18H39IN4O2. The van der Waals surface area contributed by atoms with Crippen LogP contribution in [0.4, 0.5) is 0 Å². The van der Waals surface area contributed by atoms with Crippen molar-refractivity contribution in [1.29, 1.82) is 0 Å². The predicted octanol–water partition coefficient (Wildman–Crippen LogP) is 2.07. The second-order valence-electron chi connectivity index (χ2n) is 6.47. The van der Waals surface area contributed by atoms with E-state index in [-0.39, 0.29) is 30.6 Å². The predicted molar refractivity (Wildman–Crippen MR) is 116 cm³/mol. The molecule has 1 atom stereocenters. The molecule has 0 amide bonds. The Balaban J connectivity index is 0.00000576. The molecule has 25 heavy (non-hydrogen) atoms. The summed E-state index contributed by atoms with van der Waals surface area (Å²) in [5.41, 5.74) is 0. The van der Waals surface area contributed by atoms with Crippen LogP contribution in [0, 0.1) is 5.92 Å². The molecule has 1 aliphatic heterocycles. The molecule has 1 rings (SSSR count). The summed E-state index contributed by atoms with van der Waals surface area (Å²) in [5.74, 6) is 1.39. The molecule has 0 aliphatic carbocycles. The van der Waals surface area contributed by atoms with Gasteiger partial charge in [-0.2, -0.15) is 0 Å². The fourth-order valence-corrected chi connectivity index (χ4v) is 2.97. The molecule has 1 unspecified atom stereocenters. The molecule has 7 heteroatoms. The lowest BCUT2D eigenvalue weighted by molar-refractivity contribution is 0.0372. The van der Waals surface area contributed by atoms with Gasteiger partial charge in [0.25, 0.3) is 0 Å². The summed E-state index contributed by atoms with van der Waals surface area (Å²) in [4.78, 5) is 7.17. The van der Waals surface area contributed by atoms with Crippen LogP contribution in [-0.2, 0) is 4.74 Å². The van der Waals surface area contributed by atoms with E-state index in [9.17, 15) is 0 Å². The molecule has 150 valence electrons. The standard InChI is InChI=1S/C18H38N4O2.HI/c1-3-7-17(8-13-23)16-21-18(19-4-2)20-9-5-6-10-22-11-14-24-15-12-22;/h17,23H,3-16H2,1-2H3,(H2,19,20,21);1H. The maximum Gasteiger partial charge on any atom is 0.191 e. The Labute approximate surface area is 171 Å². The molecule has 0 aromatic heterocycles. The minimum absolute atomic E-state index is 0. The third kappa shape index (κ3) is 12.8. The highest BCUT2D eigenvalue weighted by molar-refractivity contribution is 14.0. The number of hydrogen-bond acceptors (Lipinski definition) is 4. The number of morpholine rings is 1. The second kappa shape index (κ2) is 17.3. The number of guanidine groups is 1. The average Bonchev–Trinajstić information content (AvgIpc) is 2.60. The molecule has 0 radical (unpaired) electrons. The topological polar surface area (TPSA) is 69.1 Å². The number of aliphatic imine (C=N–C) groups is 1. The normalized spacial score (nSPS) is 17.0. The summed E-state index contributed by atoms with van der Waals surface area (Å²) in [7, 11) is 0. The van der Waals surface area contributed by atoms with Gasteiger partial charge in [0.05, 0.1) is 13.2 Å². The van der Waals surface area contributed by atoms with Gasteiger partial charge in [-0.3, -0.25) is 9.89 Å². The van der Waals surface area contributed by atoms with Crippen molar-refractivity contribution in [2.24, 2.45) is 10.9 Å². The van der Waals surface area contributed by atoms with Crippen molar-refractivity contribution < 1.29 is 9.84 Å². The number of halogens is 1. The summed E-state index contributed by atoms with van der Waals surface area (Å²) < 4.78 is 5.37. The Morgan fingerprint density at radius 1 is 1.16 bits per heavy atom. The molecule has 0 bridgehead atoms. The third-order valence-corrected chi connectivity index (χ3v) is 4.38. The smallest absolute Gasteiger partial charge is 0.191 e. The van der Waals surface area contributed by atoms with Gasteiger partial charge in [0, 0.05) is 39.3 Å². The summed E-state index contributed by atoms with van der Waals surface area (Å²) >= 11 is 0. The van der Waals surface area contributed by atoms with E-state index in [0.29, 0.717) is 5.92 Å². The number of ether oxygens (including phenoxy) is 1. The van der Waals surface area contributed by atoms with E-state index in [0.717, 1.165) is 84.1 Å². The van der Waals surface area contributed by atoms with Crippen LogP contribution in [0.5, 0.6) is 0 Å². The Morgan fingerprint density at radius 2 is 1.92 bits per heavy atom. The highest BCUT2D eigenvalue weighted by atomic mass is 127. The Kier molecular flexibility index (Phi) is 17.2. The van der Waals surface area contributed by atoms with Gasteiger partial charge in [-0.25, -0.2) is 0 Å². The number of rotatable bonds is 12. The molecule has 1 aliphatic rings. The molecule has 1 heterocycles. The van der Waals surface area contributed by atoms with Crippen LogP contribution in [0.2, 0.25) is 0 Å². The lowest BCUT2D eigenvalue weighted by atomic mass is 10.0. The monoisotopic (exact) mass is 470 g/mol. The number of aliphatic hydroxyl groups excluding tert-OH is 1. The van der Waals surface area contributed by atoms with Crippen LogP contribution in [0.1, 0.15) is 46.0 Å². The van der Waals surface area contributed by atoms with Gasteiger partial charge in [0.2, 0.25) is 0 Å². The number of hydrogen-bond donors (Lipinski definition) is 3. The van der Waals surface area contributed by atoms with Gasteiger partial charge >= 0.3 is 0 Å². The van der Waals surface area contributed by atoms with Crippen molar-refractivity contribution >= 4 is 29.9 Å². The zero-order chi connectivity index (χ0) is 17.5. The van der Waals surface area contributed by atoms with Crippen molar-refractivity contribution in [1.82, 2.24) is 15.5 Å². The van der Waals surface area contributed by atoms with E-state index in [1.54, 1.807) is 0 Å². The summed E-state index contributed by atoms with van der Waals surface area (Å²) in [6, 6.07) is 0. The zero-order valence-electron chi connectivity index (χ0n) is 16.1. The van der Waals surface area contributed by atoms with Crippen molar-refractivity contribution in [3.63, 3.8) is 0 Å². The molecule has 1 fully saturated rings. The Morgan fingerprint density at radius 3 is 2.56 bits per heavy atom. The van der Waals surface area contributed by atoms with E-state index in [1.165, 1.54) is 6.42 Å². The Bertz CT molecular complexity index is 320. The maximum absolute atomic E-state index is 9.15. The minimum Gasteiger partial charge on any atom is -0.396 e. The fourth-order valence-electron chi connectivity index (χ4n) is 2.97. The number of aliphatic hydroxyl groups is 1. The van der Waals surface area contributed by atoms with Gasteiger partial charge in [0.15, 0.2) is 5.96 Å². The molecule has 0 aromatic rings. The minimum atomic E-state index is 0. The molecule has 0 spiro atoms. The van der Waals surface area contributed by atoms with E-state index < -0.39 is 0 Å². The van der Waals surface area contributed by atoms with Crippen LogP contribution in [-0.4, -0.2) is 75.1 Å². The molecule has 0 saturated carbocycles. The summed E-state index contributed by atoms with van der Waals surface area (Å²) in [5, 5.41) is 15.9. The quantitative estimate of drug-likeness (QED) is 0.176. The molecule has 1 saturated heterocycles. The van der Waals surface area contributed by atoms with Crippen LogP contribution >= 0.6 is 24.0 Å². The molecule has 0 aromatic carbocycles. The summed E-state index contributed by atoms with van der Waals surface area (Å²) in [6.45, 7) is 12.2.